The Hall–Kier alpha value is -2.40. The molecule has 0 saturated heterocycles. The van der Waals surface area contributed by atoms with Gasteiger partial charge in [-0.2, -0.15) is 0 Å². The molecule has 1 amide bonds. The molecule has 2 aromatic rings. The average Bonchev–Trinajstić information content (AvgIpc) is 2.52. The van der Waals surface area contributed by atoms with Gasteiger partial charge in [0.15, 0.2) is 0 Å². The predicted molar refractivity (Wildman–Crippen MR) is 85.4 cm³/mol. The number of amides is 1. The second kappa shape index (κ2) is 6.85. The van der Waals surface area contributed by atoms with Crippen molar-refractivity contribution in [1.82, 2.24) is 10.3 Å². The summed E-state index contributed by atoms with van der Waals surface area (Å²) in [5.74, 6) is -0.153. The van der Waals surface area contributed by atoms with E-state index in [1.54, 1.807) is 12.4 Å². The van der Waals surface area contributed by atoms with Gasteiger partial charge in [0.2, 0.25) is 0 Å². The highest BCUT2D eigenvalue weighted by Crippen LogP contribution is 2.22. The van der Waals surface area contributed by atoms with Gasteiger partial charge in [0, 0.05) is 50.8 Å². The zero-order valence-electron chi connectivity index (χ0n) is 12.3. The lowest BCUT2D eigenvalue weighted by atomic mass is 10.1. The molecule has 1 aromatic heterocycles. The van der Waals surface area contributed by atoms with Crippen LogP contribution in [0.15, 0.2) is 42.7 Å². The lowest BCUT2D eigenvalue weighted by molar-refractivity contribution is 0.0954. The van der Waals surface area contributed by atoms with E-state index >= 15 is 0 Å². The van der Waals surface area contributed by atoms with Crippen molar-refractivity contribution in [2.45, 2.75) is 0 Å². The lowest BCUT2D eigenvalue weighted by Gasteiger charge is -2.13. The summed E-state index contributed by atoms with van der Waals surface area (Å²) in [5.41, 5.74) is 8.99. The van der Waals surface area contributed by atoms with Gasteiger partial charge in [0.1, 0.15) is 0 Å². The maximum atomic E-state index is 11.9. The molecule has 0 bridgehead atoms. The Morgan fingerprint density at radius 1 is 1.19 bits per heavy atom. The van der Waals surface area contributed by atoms with E-state index in [4.69, 9.17) is 5.73 Å². The number of hydrogen-bond donors (Lipinski definition) is 2. The van der Waals surface area contributed by atoms with Crippen LogP contribution in [0, 0.1) is 0 Å². The average molecular weight is 284 g/mol. The summed E-state index contributed by atoms with van der Waals surface area (Å²) in [6.07, 6.45) is 3.31. The number of nitrogens with two attached hydrogens (primary N) is 1. The number of carbonyl (C=O) groups is 1. The Bertz CT molecular complexity index is 608. The van der Waals surface area contributed by atoms with E-state index in [2.05, 4.69) is 10.3 Å². The van der Waals surface area contributed by atoms with Gasteiger partial charge in [0.05, 0.1) is 5.56 Å². The Balaban J connectivity index is 2.22. The first-order chi connectivity index (χ1) is 10.1. The quantitative estimate of drug-likeness (QED) is 0.873. The fourth-order valence-corrected chi connectivity index (χ4v) is 1.96. The van der Waals surface area contributed by atoms with Crippen molar-refractivity contribution < 1.29 is 4.79 Å². The van der Waals surface area contributed by atoms with Gasteiger partial charge in [-0.3, -0.25) is 9.78 Å². The number of pyridine rings is 1. The molecule has 0 aliphatic carbocycles. The summed E-state index contributed by atoms with van der Waals surface area (Å²) >= 11 is 0. The van der Waals surface area contributed by atoms with E-state index in [9.17, 15) is 4.79 Å². The number of aromatic nitrogens is 1. The highest BCUT2D eigenvalue weighted by atomic mass is 16.1. The molecule has 5 heteroatoms. The minimum Gasteiger partial charge on any atom is -0.378 e. The molecule has 1 heterocycles. The van der Waals surface area contributed by atoms with E-state index in [1.165, 1.54) is 0 Å². The van der Waals surface area contributed by atoms with E-state index in [0.29, 0.717) is 18.7 Å². The Kier molecular flexibility index (Phi) is 4.90. The van der Waals surface area contributed by atoms with Gasteiger partial charge in [-0.25, -0.2) is 0 Å². The maximum Gasteiger partial charge on any atom is 0.252 e. The van der Waals surface area contributed by atoms with Crippen LogP contribution < -0.4 is 16.0 Å². The van der Waals surface area contributed by atoms with Gasteiger partial charge >= 0.3 is 0 Å². The van der Waals surface area contributed by atoms with Crippen molar-refractivity contribution in [3.05, 3.63) is 48.3 Å². The second-order valence-corrected chi connectivity index (χ2v) is 4.95. The zero-order chi connectivity index (χ0) is 15.2. The molecule has 3 N–H and O–H groups in total. The van der Waals surface area contributed by atoms with Gasteiger partial charge in [0.25, 0.3) is 5.91 Å². The standard InChI is InChI=1S/C16H20N4O/c1-20(2)15-5-3-12(4-6-15)13-9-14(11-18-10-13)16(21)19-8-7-17/h3-6,9-11H,7-8,17H2,1-2H3,(H,19,21). The molecule has 0 spiro atoms. The molecule has 0 unspecified atom stereocenters. The summed E-state index contributed by atoms with van der Waals surface area (Å²) in [5, 5.41) is 2.74. The summed E-state index contributed by atoms with van der Waals surface area (Å²) in [6, 6.07) is 9.96. The molecule has 2 rings (SSSR count). The molecule has 0 fully saturated rings. The summed E-state index contributed by atoms with van der Waals surface area (Å²) in [4.78, 5) is 18.1. The van der Waals surface area contributed by atoms with Crippen LogP contribution in [0.2, 0.25) is 0 Å². The van der Waals surface area contributed by atoms with Crippen LogP contribution in [0.3, 0.4) is 0 Å². The third kappa shape index (κ3) is 3.79. The van der Waals surface area contributed by atoms with E-state index < -0.39 is 0 Å². The van der Waals surface area contributed by atoms with Gasteiger partial charge in [-0.1, -0.05) is 12.1 Å². The number of carbonyl (C=O) groups excluding carboxylic acids is 1. The van der Waals surface area contributed by atoms with Crippen LogP contribution in [0.4, 0.5) is 5.69 Å². The van der Waals surface area contributed by atoms with Crippen LogP contribution in [-0.2, 0) is 0 Å². The fourth-order valence-electron chi connectivity index (χ4n) is 1.96. The molecular formula is C16H20N4O. The topological polar surface area (TPSA) is 71.2 Å². The van der Waals surface area contributed by atoms with Crippen LogP contribution in [0.5, 0.6) is 0 Å². The number of nitrogens with zero attached hydrogens (tertiary/aromatic N) is 2. The lowest BCUT2D eigenvalue weighted by Crippen LogP contribution is -2.29. The number of rotatable bonds is 5. The molecule has 0 saturated carbocycles. The summed E-state index contributed by atoms with van der Waals surface area (Å²) in [7, 11) is 4.00. The SMILES string of the molecule is CN(C)c1ccc(-c2cncc(C(=O)NCCN)c2)cc1. The first kappa shape index (κ1) is 15.0. The van der Waals surface area contributed by atoms with E-state index in [1.807, 2.05) is 49.3 Å². The Labute approximate surface area is 124 Å². The van der Waals surface area contributed by atoms with Crippen LogP contribution >= 0.6 is 0 Å². The second-order valence-electron chi connectivity index (χ2n) is 4.95. The van der Waals surface area contributed by atoms with Crippen LogP contribution in [0.25, 0.3) is 11.1 Å². The maximum absolute atomic E-state index is 11.9. The molecule has 1 aromatic carbocycles. The number of anilines is 1. The van der Waals surface area contributed by atoms with Crippen molar-refractivity contribution in [3.8, 4) is 11.1 Å². The molecule has 0 aliphatic rings. The first-order valence-electron chi connectivity index (χ1n) is 6.83. The minimum absolute atomic E-state index is 0.153. The molecule has 0 aliphatic heterocycles. The highest BCUT2D eigenvalue weighted by Gasteiger charge is 2.07. The minimum atomic E-state index is -0.153. The number of benzene rings is 1. The first-order valence-corrected chi connectivity index (χ1v) is 6.83. The number of hydrogen-bond acceptors (Lipinski definition) is 4. The molecule has 0 atom stereocenters. The fraction of sp³-hybridized carbons (Fsp3) is 0.250. The third-order valence-corrected chi connectivity index (χ3v) is 3.15. The normalized spacial score (nSPS) is 10.2. The molecule has 21 heavy (non-hydrogen) atoms. The van der Waals surface area contributed by atoms with Crippen molar-refractivity contribution in [3.63, 3.8) is 0 Å². The van der Waals surface area contributed by atoms with Crippen LogP contribution in [0.1, 0.15) is 10.4 Å². The molecule has 5 nitrogen and oxygen atoms in total. The van der Waals surface area contributed by atoms with Gasteiger partial charge in [-0.05, 0) is 23.8 Å². The van der Waals surface area contributed by atoms with Crippen molar-refractivity contribution in [2.75, 3.05) is 32.1 Å². The monoisotopic (exact) mass is 284 g/mol. The largest absolute Gasteiger partial charge is 0.378 e. The molecule has 110 valence electrons. The van der Waals surface area contributed by atoms with Crippen LogP contribution in [-0.4, -0.2) is 38.1 Å². The smallest absolute Gasteiger partial charge is 0.252 e. The molecule has 0 radical (unpaired) electrons. The third-order valence-electron chi connectivity index (χ3n) is 3.15. The van der Waals surface area contributed by atoms with E-state index in [0.717, 1.165) is 16.8 Å². The zero-order valence-corrected chi connectivity index (χ0v) is 12.3. The van der Waals surface area contributed by atoms with Crippen molar-refractivity contribution in [2.24, 2.45) is 5.73 Å². The van der Waals surface area contributed by atoms with Crippen molar-refractivity contribution in [1.29, 1.82) is 0 Å². The predicted octanol–water partition coefficient (Wildman–Crippen LogP) is 1.50. The van der Waals surface area contributed by atoms with E-state index in [-0.39, 0.29) is 5.91 Å². The highest BCUT2D eigenvalue weighted by molar-refractivity contribution is 5.95. The summed E-state index contributed by atoms with van der Waals surface area (Å²) < 4.78 is 0. The van der Waals surface area contributed by atoms with Gasteiger partial charge in [-0.15, -0.1) is 0 Å². The number of nitrogens with one attached hydrogen (secondary N) is 1. The van der Waals surface area contributed by atoms with Crippen molar-refractivity contribution >= 4 is 11.6 Å². The Morgan fingerprint density at radius 3 is 2.52 bits per heavy atom. The molecular weight excluding hydrogens is 264 g/mol. The van der Waals surface area contributed by atoms with Gasteiger partial charge < -0.3 is 16.0 Å². The summed E-state index contributed by atoms with van der Waals surface area (Å²) in [6.45, 7) is 0.880. The Morgan fingerprint density at radius 2 is 1.90 bits per heavy atom.